The Hall–Kier alpha value is -0.570. The van der Waals surface area contributed by atoms with E-state index >= 15 is 0 Å². The zero-order chi connectivity index (χ0) is 13.5. The molecule has 2 N–H and O–H groups in total. The molecule has 3 heteroatoms. The van der Waals surface area contributed by atoms with E-state index in [0.29, 0.717) is 0 Å². The van der Waals surface area contributed by atoms with Gasteiger partial charge in [0.1, 0.15) is 0 Å². The lowest BCUT2D eigenvalue weighted by Gasteiger charge is -2.35. The fraction of sp³-hybridized carbons (Fsp3) is 0.600. The molecule has 1 aromatic rings. The van der Waals surface area contributed by atoms with Gasteiger partial charge in [-0.2, -0.15) is 0 Å². The molecule has 0 saturated carbocycles. The highest BCUT2D eigenvalue weighted by Crippen LogP contribution is 2.27. The minimum atomic E-state index is 0.148. The smallest absolute Gasteiger partial charge is 0.0499 e. The van der Waals surface area contributed by atoms with Crippen LogP contribution in [0.1, 0.15) is 45.2 Å². The molecule has 0 heterocycles. The lowest BCUT2D eigenvalue weighted by atomic mass is 9.96. The van der Waals surface area contributed by atoms with Crippen LogP contribution < -0.4 is 5.73 Å². The van der Waals surface area contributed by atoms with E-state index in [1.165, 1.54) is 5.56 Å². The van der Waals surface area contributed by atoms with Crippen LogP contribution in [0.5, 0.6) is 0 Å². The summed E-state index contributed by atoms with van der Waals surface area (Å²) in [5.74, 6) is 0. The summed E-state index contributed by atoms with van der Waals surface area (Å²) < 4.78 is 0. The quantitative estimate of drug-likeness (QED) is 0.814. The first-order chi connectivity index (χ1) is 8.63. The van der Waals surface area contributed by atoms with E-state index in [-0.39, 0.29) is 12.1 Å². The molecule has 0 saturated heterocycles. The number of nitrogens with two attached hydrogens (primary N) is 1. The topological polar surface area (TPSA) is 29.3 Å². The second-order valence-corrected chi connectivity index (χ2v) is 5.14. The SMILES string of the molecule is CCCN(CC)C(c1cccc(Cl)c1)C(N)CC. The maximum Gasteiger partial charge on any atom is 0.0499 e. The first-order valence-electron chi connectivity index (χ1n) is 6.89. The van der Waals surface area contributed by atoms with Crippen LogP contribution in [0.4, 0.5) is 0 Å². The highest BCUT2D eigenvalue weighted by atomic mass is 35.5. The Bertz CT molecular complexity index is 354. The summed E-state index contributed by atoms with van der Waals surface area (Å²) in [7, 11) is 0. The summed E-state index contributed by atoms with van der Waals surface area (Å²) >= 11 is 6.10. The number of nitrogens with zero attached hydrogens (tertiary/aromatic N) is 1. The van der Waals surface area contributed by atoms with Gasteiger partial charge in [-0.3, -0.25) is 4.90 Å². The molecule has 0 aromatic heterocycles. The van der Waals surface area contributed by atoms with Gasteiger partial charge in [-0.15, -0.1) is 0 Å². The normalized spacial score (nSPS) is 14.8. The van der Waals surface area contributed by atoms with Crippen molar-refractivity contribution in [2.24, 2.45) is 5.73 Å². The van der Waals surface area contributed by atoms with Crippen LogP contribution in [-0.2, 0) is 0 Å². The van der Waals surface area contributed by atoms with Gasteiger partial charge in [0, 0.05) is 17.1 Å². The molecule has 1 aromatic carbocycles. The molecule has 0 aliphatic heterocycles. The average molecular weight is 269 g/mol. The molecule has 18 heavy (non-hydrogen) atoms. The van der Waals surface area contributed by atoms with Crippen LogP contribution in [0.25, 0.3) is 0 Å². The Labute approximate surface area is 116 Å². The van der Waals surface area contributed by atoms with Gasteiger partial charge in [0.15, 0.2) is 0 Å². The van der Waals surface area contributed by atoms with Gasteiger partial charge < -0.3 is 5.73 Å². The van der Waals surface area contributed by atoms with Crippen molar-refractivity contribution < 1.29 is 0 Å². The van der Waals surface area contributed by atoms with Crippen molar-refractivity contribution in [3.63, 3.8) is 0 Å². The van der Waals surface area contributed by atoms with E-state index < -0.39 is 0 Å². The number of hydrogen-bond donors (Lipinski definition) is 1. The minimum absolute atomic E-state index is 0.148. The molecular formula is C15H25ClN2. The highest BCUT2D eigenvalue weighted by molar-refractivity contribution is 6.30. The Kier molecular flexibility index (Phi) is 6.69. The van der Waals surface area contributed by atoms with Crippen molar-refractivity contribution in [2.45, 2.75) is 45.7 Å². The summed E-state index contributed by atoms with van der Waals surface area (Å²) in [5.41, 5.74) is 7.55. The van der Waals surface area contributed by atoms with E-state index in [4.69, 9.17) is 17.3 Å². The molecule has 0 radical (unpaired) electrons. The largest absolute Gasteiger partial charge is 0.326 e. The lowest BCUT2D eigenvalue weighted by Crippen LogP contribution is -2.41. The monoisotopic (exact) mass is 268 g/mol. The van der Waals surface area contributed by atoms with E-state index in [2.05, 4.69) is 31.7 Å². The zero-order valence-electron chi connectivity index (χ0n) is 11.7. The summed E-state index contributed by atoms with van der Waals surface area (Å²) in [6.45, 7) is 8.62. The van der Waals surface area contributed by atoms with Crippen LogP contribution in [0, 0.1) is 0 Å². The maximum atomic E-state index is 6.32. The Balaban J connectivity index is 3.03. The van der Waals surface area contributed by atoms with E-state index in [1.807, 2.05) is 18.2 Å². The summed E-state index contributed by atoms with van der Waals surface area (Å²) in [4.78, 5) is 2.44. The van der Waals surface area contributed by atoms with Gasteiger partial charge >= 0.3 is 0 Å². The first-order valence-corrected chi connectivity index (χ1v) is 7.26. The molecule has 0 bridgehead atoms. The fourth-order valence-electron chi connectivity index (χ4n) is 2.42. The summed E-state index contributed by atoms with van der Waals surface area (Å²) in [5, 5.41) is 0.786. The molecule has 0 fully saturated rings. The van der Waals surface area contributed by atoms with Crippen molar-refractivity contribution in [3.8, 4) is 0 Å². The third-order valence-electron chi connectivity index (χ3n) is 3.38. The number of likely N-dealkylation sites (N-methyl/N-ethyl adjacent to an activating group) is 1. The number of rotatable bonds is 7. The fourth-order valence-corrected chi connectivity index (χ4v) is 2.62. The average Bonchev–Trinajstić information content (AvgIpc) is 2.37. The Morgan fingerprint density at radius 3 is 2.50 bits per heavy atom. The zero-order valence-corrected chi connectivity index (χ0v) is 12.5. The maximum absolute atomic E-state index is 6.32. The number of halogens is 1. The van der Waals surface area contributed by atoms with Crippen molar-refractivity contribution in [1.82, 2.24) is 4.90 Å². The van der Waals surface area contributed by atoms with Crippen LogP contribution in [0.2, 0.25) is 5.02 Å². The molecule has 2 nitrogen and oxygen atoms in total. The van der Waals surface area contributed by atoms with Gasteiger partial charge in [-0.1, -0.05) is 44.5 Å². The molecule has 0 spiro atoms. The highest BCUT2D eigenvalue weighted by Gasteiger charge is 2.24. The van der Waals surface area contributed by atoms with Gasteiger partial charge in [-0.25, -0.2) is 0 Å². The van der Waals surface area contributed by atoms with Crippen molar-refractivity contribution in [3.05, 3.63) is 34.9 Å². The van der Waals surface area contributed by atoms with Crippen molar-refractivity contribution in [1.29, 1.82) is 0 Å². The minimum Gasteiger partial charge on any atom is -0.326 e. The molecule has 2 unspecified atom stereocenters. The molecule has 1 rings (SSSR count). The first kappa shape index (κ1) is 15.5. The molecule has 2 atom stereocenters. The van der Waals surface area contributed by atoms with Gasteiger partial charge in [-0.05, 0) is 43.6 Å². The summed E-state index contributed by atoms with van der Waals surface area (Å²) in [6, 6.07) is 8.50. The Morgan fingerprint density at radius 2 is 2.00 bits per heavy atom. The summed E-state index contributed by atoms with van der Waals surface area (Å²) in [6.07, 6.45) is 2.11. The predicted molar refractivity (Wildman–Crippen MR) is 80.0 cm³/mol. The molecular weight excluding hydrogens is 244 g/mol. The van der Waals surface area contributed by atoms with Crippen LogP contribution in [0.15, 0.2) is 24.3 Å². The number of hydrogen-bond acceptors (Lipinski definition) is 2. The molecule has 0 amide bonds. The standard InChI is InChI=1S/C15H25ClN2/c1-4-10-18(6-3)15(14(17)5-2)12-8-7-9-13(16)11-12/h7-9,11,14-15H,4-6,10,17H2,1-3H3. The van der Waals surface area contributed by atoms with E-state index in [0.717, 1.165) is 31.0 Å². The number of benzene rings is 1. The van der Waals surface area contributed by atoms with E-state index in [9.17, 15) is 0 Å². The van der Waals surface area contributed by atoms with E-state index in [1.54, 1.807) is 0 Å². The lowest BCUT2D eigenvalue weighted by molar-refractivity contribution is 0.178. The van der Waals surface area contributed by atoms with Crippen LogP contribution in [0.3, 0.4) is 0 Å². The van der Waals surface area contributed by atoms with Gasteiger partial charge in [0.05, 0.1) is 0 Å². The second-order valence-electron chi connectivity index (χ2n) is 4.70. The van der Waals surface area contributed by atoms with Crippen molar-refractivity contribution >= 4 is 11.6 Å². The van der Waals surface area contributed by atoms with Gasteiger partial charge in [0.25, 0.3) is 0 Å². The molecule has 102 valence electrons. The van der Waals surface area contributed by atoms with Crippen LogP contribution in [-0.4, -0.2) is 24.0 Å². The van der Waals surface area contributed by atoms with Gasteiger partial charge in [0.2, 0.25) is 0 Å². The van der Waals surface area contributed by atoms with Crippen molar-refractivity contribution in [2.75, 3.05) is 13.1 Å². The third-order valence-corrected chi connectivity index (χ3v) is 3.61. The molecule has 0 aliphatic carbocycles. The van der Waals surface area contributed by atoms with Crippen LogP contribution >= 0.6 is 11.6 Å². The Morgan fingerprint density at radius 1 is 1.28 bits per heavy atom. The predicted octanol–water partition coefficient (Wildman–Crippen LogP) is 3.85. The second kappa shape index (κ2) is 7.78. The third kappa shape index (κ3) is 3.98. The molecule has 0 aliphatic rings.